The molecule has 0 atom stereocenters. The highest BCUT2D eigenvalue weighted by molar-refractivity contribution is 5.75. The first-order valence-electron chi connectivity index (χ1n) is 7.93. The number of ether oxygens (including phenoxy) is 1. The van der Waals surface area contributed by atoms with E-state index in [1.165, 1.54) is 0 Å². The first-order valence-corrected chi connectivity index (χ1v) is 7.93. The maximum Gasteiger partial charge on any atom is 0.228 e. The van der Waals surface area contributed by atoms with Gasteiger partial charge in [-0.05, 0) is 37.1 Å². The molecule has 1 aromatic carbocycles. The first kappa shape index (κ1) is 14.2. The van der Waals surface area contributed by atoms with E-state index < -0.39 is 0 Å². The third kappa shape index (κ3) is 2.80. The molecule has 118 valence electrons. The lowest BCUT2D eigenvalue weighted by Crippen LogP contribution is -2.37. The molecule has 0 radical (unpaired) electrons. The highest BCUT2D eigenvalue weighted by Crippen LogP contribution is 2.25. The Morgan fingerprint density at radius 1 is 1.13 bits per heavy atom. The second kappa shape index (κ2) is 6.01. The van der Waals surface area contributed by atoms with Crippen molar-refractivity contribution in [3.63, 3.8) is 0 Å². The highest BCUT2D eigenvalue weighted by Gasteiger charge is 2.19. The van der Waals surface area contributed by atoms with Crippen LogP contribution in [0.15, 0.2) is 47.0 Å². The minimum Gasteiger partial charge on any atom is -0.436 e. The van der Waals surface area contributed by atoms with Crippen LogP contribution in [0.3, 0.4) is 0 Å². The molecule has 1 fully saturated rings. The van der Waals surface area contributed by atoms with Crippen molar-refractivity contribution in [2.75, 3.05) is 25.1 Å². The van der Waals surface area contributed by atoms with Crippen LogP contribution in [0.2, 0.25) is 0 Å². The monoisotopic (exact) mass is 309 g/mol. The Hall–Kier alpha value is -2.40. The van der Waals surface area contributed by atoms with Crippen LogP contribution >= 0.6 is 0 Å². The van der Waals surface area contributed by atoms with Crippen LogP contribution < -0.4 is 4.90 Å². The van der Waals surface area contributed by atoms with Gasteiger partial charge in [0.05, 0.1) is 11.7 Å². The average molecular weight is 309 g/mol. The summed E-state index contributed by atoms with van der Waals surface area (Å²) in [5.74, 6) is 1.61. The molecule has 3 aromatic rings. The Morgan fingerprint density at radius 3 is 2.65 bits per heavy atom. The Morgan fingerprint density at radius 2 is 1.96 bits per heavy atom. The van der Waals surface area contributed by atoms with E-state index in [0.717, 1.165) is 48.4 Å². The molecule has 1 aliphatic heterocycles. The number of hydrogen-bond acceptors (Lipinski definition) is 5. The van der Waals surface area contributed by atoms with Gasteiger partial charge in [0.2, 0.25) is 5.89 Å². The van der Waals surface area contributed by atoms with Crippen molar-refractivity contribution in [3.05, 3.63) is 42.6 Å². The fourth-order valence-electron chi connectivity index (χ4n) is 3.02. The van der Waals surface area contributed by atoms with Gasteiger partial charge in [0, 0.05) is 26.4 Å². The van der Waals surface area contributed by atoms with Gasteiger partial charge in [-0.3, -0.25) is 0 Å². The molecule has 0 N–H and O–H groups in total. The second-order valence-corrected chi connectivity index (χ2v) is 5.81. The van der Waals surface area contributed by atoms with Gasteiger partial charge < -0.3 is 14.1 Å². The van der Waals surface area contributed by atoms with Crippen molar-refractivity contribution in [3.8, 4) is 11.5 Å². The molecule has 0 spiro atoms. The normalized spacial score (nSPS) is 16.1. The van der Waals surface area contributed by atoms with E-state index in [-0.39, 0.29) is 0 Å². The van der Waals surface area contributed by atoms with Gasteiger partial charge in [-0.15, -0.1) is 0 Å². The van der Waals surface area contributed by atoms with Gasteiger partial charge in [0.1, 0.15) is 11.3 Å². The summed E-state index contributed by atoms with van der Waals surface area (Å²) in [5, 5.41) is 0. The van der Waals surface area contributed by atoms with Crippen molar-refractivity contribution in [1.29, 1.82) is 0 Å². The minimum absolute atomic E-state index is 0.380. The van der Waals surface area contributed by atoms with E-state index in [0.29, 0.717) is 12.0 Å². The van der Waals surface area contributed by atoms with Crippen molar-refractivity contribution in [2.45, 2.75) is 18.9 Å². The van der Waals surface area contributed by atoms with Crippen LogP contribution in [-0.4, -0.2) is 36.3 Å². The van der Waals surface area contributed by atoms with Crippen LogP contribution in [0.25, 0.3) is 22.6 Å². The molecular weight excluding hydrogens is 290 g/mol. The zero-order valence-electron chi connectivity index (χ0n) is 13.1. The zero-order valence-corrected chi connectivity index (χ0v) is 13.1. The van der Waals surface area contributed by atoms with E-state index in [2.05, 4.69) is 14.9 Å². The Labute approximate surface area is 134 Å². The number of hydrogen-bond donors (Lipinski definition) is 0. The molecule has 23 heavy (non-hydrogen) atoms. The van der Waals surface area contributed by atoms with Crippen molar-refractivity contribution < 1.29 is 9.15 Å². The van der Waals surface area contributed by atoms with Gasteiger partial charge in [0.15, 0.2) is 5.58 Å². The van der Waals surface area contributed by atoms with Crippen LogP contribution in [0, 0.1) is 0 Å². The fraction of sp³-hybridized carbons (Fsp3) is 0.333. The molecule has 0 amide bonds. The molecule has 5 heteroatoms. The number of piperidine rings is 1. The number of fused-ring (bicyclic) bond motifs is 1. The quantitative estimate of drug-likeness (QED) is 0.741. The number of para-hydroxylation sites is 2. The summed E-state index contributed by atoms with van der Waals surface area (Å²) in [6, 6.07) is 11.8. The van der Waals surface area contributed by atoms with Gasteiger partial charge in [-0.1, -0.05) is 12.1 Å². The number of anilines is 1. The van der Waals surface area contributed by atoms with E-state index >= 15 is 0 Å². The smallest absolute Gasteiger partial charge is 0.228 e. The van der Waals surface area contributed by atoms with Crippen LogP contribution in [0.4, 0.5) is 5.82 Å². The molecule has 1 aliphatic rings. The Bertz CT molecular complexity index is 756. The standard InChI is InChI=1S/C18H19N3O2/c1-22-14-8-10-21(11-9-14)17-7-6-13(12-19-17)18-20-15-4-2-3-5-16(15)23-18/h2-7,12,14H,8-11H2,1H3. The minimum atomic E-state index is 0.380. The number of pyridine rings is 1. The van der Waals surface area contributed by atoms with Crippen LogP contribution in [-0.2, 0) is 4.74 Å². The van der Waals surface area contributed by atoms with E-state index in [1.54, 1.807) is 7.11 Å². The van der Waals surface area contributed by atoms with Crippen molar-refractivity contribution in [1.82, 2.24) is 9.97 Å². The topological polar surface area (TPSA) is 51.4 Å². The second-order valence-electron chi connectivity index (χ2n) is 5.81. The fourth-order valence-corrected chi connectivity index (χ4v) is 3.02. The van der Waals surface area contributed by atoms with Crippen LogP contribution in [0.1, 0.15) is 12.8 Å². The predicted octanol–water partition coefficient (Wildman–Crippen LogP) is 3.51. The number of nitrogens with zero attached hydrogens (tertiary/aromatic N) is 3. The predicted molar refractivity (Wildman–Crippen MR) is 89.5 cm³/mol. The van der Waals surface area contributed by atoms with Gasteiger partial charge in [-0.25, -0.2) is 9.97 Å². The summed E-state index contributed by atoms with van der Waals surface area (Å²) in [6.45, 7) is 1.96. The molecule has 5 nitrogen and oxygen atoms in total. The highest BCUT2D eigenvalue weighted by atomic mass is 16.5. The van der Waals surface area contributed by atoms with E-state index in [1.807, 2.05) is 42.6 Å². The first-order chi connectivity index (χ1) is 11.3. The molecule has 2 aromatic heterocycles. The van der Waals surface area contributed by atoms with Crippen molar-refractivity contribution in [2.24, 2.45) is 0 Å². The summed E-state index contributed by atoms with van der Waals surface area (Å²) in [6.07, 6.45) is 4.31. The maximum atomic E-state index is 5.79. The number of methoxy groups -OCH3 is 1. The van der Waals surface area contributed by atoms with Crippen molar-refractivity contribution >= 4 is 16.9 Å². The molecule has 3 heterocycles. The molecular formula is C18H19N3O2. The number of aromatic nitrogens is 2. The summed E-state index contributed by atoms with van der Waals surface area (Å²) in [5.41, 5.74) is 2.57. The summed E-state index contributed by atoms with van der Waals surface area (Å²) < 4.78 is 11.2. The Balaban J connectivity index is 1.54. The molecule has 0 bridgehead atoms. The molecule has 0 saturated carbocycles. The van der Waals surface area contributed by atoms with Gasteiger partial charge in [-0.2, -0.15) is 0 Å². The largest absolute Gasteiger partial charge is 0.436 e. The Kier molecular flexibility index (Phi) is 3.71. The van der Waals surface area contributed by atoms with E-state index in [4.69, 9.17) is 9.15 Å². The zero-order chi connectivity index (χ0) is 15.6. The average Bonchev–Trinajstić information content (AvgIpc) is 3.06. The molecule has 1 saturated heterocycles. The SMILES string of the molecule is COC1CCN(c2ccc(-c3nc4ccccc4o3)cn2)CC1. The maximum absolute atomic E-state index is 5.79. The molecule has 4 rings (SSSR count). The third-order valence-electron chi connectivity index (χ3n) is 4.39. The van der Waals surface area contributed by atoms with Gasteiger partial charge in [0.25, 0.3) is 0 Å². The molecule has 0 aliphatic carbocycles. The number of benzene rings is 1. The lowest BCUT2D eigenvalue weighted by Gasteiger charge is -2.32. The van der Waals surface area contributed by atoms with E-state index in [9.17, 15) is 0 Å². The molecule has 0 unspecified atom stereocenters. The summed E-state index contributed by atoms with van der Waals surface area (Å²) in [7, 11) is 1.79. The summed E-state index contributed by atoms with van der Waals surface area (Å²) in [4.78, 5) is 11.4. The van der Waals surface area contributed by atoms with Gasteiger partial charge >= 0.3 is 0 Å². The lowest BCUT2D eigenvalue weighted by atomic mass is 10.1. The number of oxazole rings is 1. The lowest BCUT2D eigenvalue weighted by molar-refractivity contribution is 0.0818. The van der Waals surface area contributed by atoms with Crippen LogP contribution in [0.5, 0.6) is 0 Å². The third-order valence-corrected chi connectivity index (χ3v) is 4.39. The number of rotatable bonds is 3. The summed E-state index contributed by atoms with van der Waals surface area (Å²) >= 11 is 0.